The fraction of sp³-hybridized carbons (Fsp3) is 0.0435. The van der Waals surface area contributed by atoms with E-state index in [9.17, 15) is 9.59 Å². The van der Waals surface area contributed by atoms with Crippen molar-refractivity contribution < 1.29 is 4.52 Å². The third-order valence-electron chi connectivity index (χ3n) is 4.94. The van der Waals surface area contributed by atoms with Crippen LogP contribution in [0.4, 0.5) is 0 Å². The summed E-state index contributed by atoms with van der Waals surface area (Å²) in [7, 11) is 0. The molecule has 0 radical (unpaired) electrons. The van der Waals surface area contributed by atoms with E-state index >= 15 is 0 Å². The van der Waals surface area contributed by atoms with Gasteiger partial charge in [-0.3, -0.25) is 9.36 Å². The van der Waals surface area contributed by atoms with E-state index in [-0.39, 0.29) is 18.0 Å². The number of nitrogens with zero attached hydrogens (tertiary/aromatic N) is 3. The lowest BCUT2D eigenvalue weighted by atomic mass is 10.1. The first kappa shape index (κ1) is 19.0. The van der Waals surface area contributed by atoms with Crippen molar-refractivity contribution in [2.75, 3.05) is 0 Å². The van der Waals surface area contributed by atoms with Crippen molar-refractivity contribution in [2.45, 2.75) is 6.54 Å². The highest BCUT2D eigenvalue weighted by Crippen LogP contribution is 2.24. The molecular formula is C23H15ClN4O3. The Hall–Kier alpha value is -3.97. The number of aromatic nitrogens is 4. The van der Waals surface area contributed by atoms with Crippen molar-refractivity contribution >= 4 is 22.5 Å². The molecule has 1 N–H and O–H groups in total. The van der Waals surface area contributed by atoms with Crippen LogP contribution in [0.5, 0.6) is 0 Å². The zero-order valence-electron chi connectivity index (χ0n) is 16.1. The number of hydrogen-bond acceptors (Lipinski definition) is 5. The van der Waals surface area contributed by atoms with Gasteiger partial charge in [0, 0.05) is 16.1 Å². The molecule has 3 aromatic carbocycles. The lowest BCUT2D eigenvalue weighted by Crippen LogP contribution is -2.35. The van der Waals surface area contributed by atoms with Crippen LogP contribution in [0.2, 0.25) is 5.02 Å². The molecule has 0 aliphatic heterocycles. The summed E-state index contributed by atoms with van der Waals surface area (Å²) in [6.07, 6.45) is 0. The summed E-state index contributed by atoms with van der Waals surface area (Å²) in [5.41, 5.74) is 1.79. The van der Waals surface area contributed by atoms with Gasteiger partial charge >= 0.3 is 5.69 Å². The minimum Gasteiger partial charge on any atom is -0.334 e. The Morgan fingerprint density at radius 2 is 1.68 bits per heavy atom. The Bertz CT molecular complexity index is 1500. The van der Waals surface area contributed by atoms with Crippen molar-refractivity contribution in [1.29, 1.82) is 0 Å². The minimum absolute atomic E-state index is 0.195. The van der Waals surface area contributed by atoms with E-state index in [1.54, 1.807) is 42.5 Å². The van der Waals surface area contributed by atoms with Gasteiger partial charge in [0.25, 0.3) is 11.4 Å². The Labute approximate surface area is 180 Å². The summed E-state index contributed by atoms with van der Waals surface area (Å²) >= 11 is 5.92. The smallest absolute Gasteiger partial charge is 0.329 e. The van der Waals surface area contributed by atoms with Gasteiger partial charge in [-0.15, -0.1) is 0 Å². The van der Waals surface area contributed by atoms with Crippen molar-refractivity contribution in [3.63, 3.8) is 0 Å². The van der Waals surface area contributed by atoms with Gasteiger partial charge in [0.1, 0.15) is 0 Å². The number of halogens is 1. The van der Waals surface area contributed by atoms with Gasteiger partial charge in [-0.25, -0.2) is 4.79 Å². The van der Waals surface area contributed by atoms with Crippen molar-refractivity contribution in [1.82, 2.24) is 19.7 Å². The van der Waals surface area contributed by atoms with Crippen LogP contribution >= 0.6 is 11.6 Å². The molecule has 8 heteroatoms. The summed E-state index contributed by atoms with van der Waals surface area (Å²) in [5, 5.41) is 5.02. The maximum absolute atomic E-state index is 12.9. The van der Waals surface area contributed by atoms with E-state index < -0.39 is 5.69 Å². The molecule has 0 aliphatic carbocycles. The summed E-state index contributed by atoms with van der Waals surface area (Å²) in [5.74, 6) is 0.694. The molecule has 0 bridgehead atoms. The van der Waals surface area contributed by atoms with Gasteiger partial charge in [-0.1, -0.05) is 47.1 Å². The second-order valence-corrected chi connectivity index (χ2v) is 7.43. The standard InChI is InChI=1S/C23H15ClN4O3/c24-17-9-6-15(7-10-17)20-26-21(31-27-20)16-8-11-18-19(12-16)25-23(30)28(22(18)29)13-14-4-2-1-3-5-14/h1-12H,13H2,(H,25,30). The molecule has 7 nitrogen and oxygen atoms in total. The highest BCUT2D eigenvalue weighted by atomic mass is 35.5. The highest BCUT2D eigenvalue weighted by Gasteiger charge is 2.14. The van der Waals surface area contributed by atoms with Crippen LogP contribution in [0.3, 0.4) is 0 Å². The summed E-state index contributed by atoms with van der Waals surface area (Å²) in [4.78, 5) is 32.7. The molecule has 31 heavy (non-hydrogen) atoms. The van der Waals surface area contributed by atoms with E-state index in [1.807, 2.05) is 30.3 Å². The van der Waals surface area contributed by atoms with E-state index in [0.717, 1.165) is 11.1 Å². The first-order valence-electron chi connectivity index (χ1n) is 9.49. The maximum atomic E-state index is 12.9. The van der Waals surface area contributed by atoms with Gasteiger partial charge in [0.15, 0.2) is 0 Å². The monoisotopic (exact) mass is 430 g/mol. The molecule has 0 unspecified atom stereocenters. The van der Waals surface area contributed by atoms with Crippen LogP contribution in [-0.4, -0.2) is 19.7 Å². The molecule has 5 aromatic rings. The number of aromatic amines is 1. The summed E-state index contributed by atoms with van der Waals surface area (Å²) < 4.78 is 6.56. The first-order valence-corrected chi connectivity index (χ1v) is 9.87. The third kappa shape index (κ3) is 3.67. The third-order valence-corrected chi connectivity index (χ3v) is 5.19. The largest absolute Gasteiger partial charge is 0.334 e. The molecule has 0 atom stereocenters. The highest BCUT2D eigenvalue weighted by molar-refractivity contribution is 6.30. The van der Waals surface area contributed by atoms with E-state index in [0.29, 0.717) is 27.3 Å². The summed E-state index contributed by atoms with van der Waals surface area (Å²) in [6.45, 7) is 0.195. The molecule has 5 rings (SSSR count). The van der Waals surface area contributed by atoms with Gasteiger partial charge < -0.3 is 9.51 Å². The number of benzene rings is 3. The Morgan fingerprint density at radius 1 is 0.935 bits per heavy atom. The van der Waals surface area contributed by atoms with Crippen LogP contribution in [0.15, 0.2) is 86.9 Å². The predicted octanol–water partition coefficient (Wildman–Crippen LogP) is 4.11. The second kappa shape index (κ2) is 7.70. The second-order valence-electron chi connectivity index (χ2n) is 7.00. The zero-order valence-corrected chi connectivity index (χ0v) is 16.8. The lowest BCUT2D eigenvalue weighted by molar-refractivity contribution is 0.432. The zero-order chi connectivity index (χ0) is 21.4. The maximum Gasteiger partial charge on any atom is 0.329 e. The molecule has 0 aliphatic rings. The molecule has 2 heterocycles. The fourth-order valence-corrected chi connectivity index (χ4v) is 3.48. The molecular weight excluding hydrogens is 416 g/mol. The normalized spacial score (nSPS) is 11.1. The summed E-state index contributed by atoms with van der Waals surface area (Å²) in [6, 6.07) is 21.5. The van der Waals surface area contributed by atoms with Crippen molar-refractivity contribution in [3.8, 4) is 22.8 Å². The van der Waals surface area contributed by atoms with Gasteiger partial charge in [0.2, 0.25) is 5.82 Å². The Kier molecular flexibility index (Phi) is 4.72. The number of H-pyrrole nitrogens is 1. The number of nitrogens with one attached hydrogen (secondary N) is 1. The Morgan fingerprint density at radius 3 is 2.45 bits per heavy atom. The molecule has 152 valence electrons. The van der Waals surface area contributed by atoms with Gasteiger partial charge in [0.05, 0.1) is 17.4 Å². The average molecular weight is 431 g/mol. The van der Waals surface area contributed by atoms with Crippen molar-refractivity contribution in [2.24, 2.45) is 0 Å². The SMILES string of the molecule is O=c1[nH]c2cc(-c3nc(-c4ccc(Cl)cc4)no3)ccc2c(=O)n1Cc1ccccc1. The van der Waals surface area contributed by atoms with Gasteiger partial charge in [-0.2, -0.15) is 4.98 Å². The van der Waals surface area contributed by atoms with E-state index in [1.165, 1.54) is 4.57 Å². The first-order chi connectivity index (χ1) is 15.1. The van der Waals surface area contributed by atoms with Crippen LogP contribution in [0.1, 0.15) is 5.56 Å². The van der Waals surface area contributed by atoms with Crippen LogP contribution < -0.4 is 11.2 Å². The predicted molar refractivity (Wildman–Crippen MR) is 118 cm³/mol. The quantitative estimate of drug-likeness (QED) is 0.463. The lowest BCUT2D eigenvalue weighted by Gasteiger charge is -2.07. The van der Waals surface area contributed by atoms with E-state index in [2.05, 4.69) is 15.1 Å². The molecule has 0 saturated carbocycles. The van der Waals surface area contributed by atoms with Crippen molar-refractivity contribution in [3.05, 3.63) is 104 Å². The molecule has 0 spiro atoms. The Balaban J connectivity index is 1.52. The molecule has 2 aromatic heterocycles. The molecule has 0 amide bonds. The fourth-order valence-electron chi connectivity index (χ4n) is 3.35. The van der Waals surface area contributed by atoms with Crippen LogP contribution in [-0.2, 0) is 6.54 Å². The topological polar surface area (TPSA) is 93.8 Å². The van der Waals surface area contributed by atoms with Gasteiger partial charge in [-0.05, 0) is 48.0 Å². The number of hydrogen-bond donors (Lipinski definition) is 1. The van der Waals surface area contributed by atoms with Crippen LogP contribution in [0, 0.1) is 0 Å². The number of fused-ring (bicyclic) bond motifs is 1. The minimum atomic E-state index is -0.481. The van der Waals surface area contributed by atoms with E-state index in [4.69, 9.17) is 16.1 Å². The average Bonchev–Trinajstić information content (AvgIpc) is 3.28. The number of rotatable bonds is 4. The molecule has 0 fully saturated rings. The molecule has 0 saturated heterocycles. The van der Waals surface area contributed by atoms with Crippen LogP contribution in [0.25, 0.3) is 33.7 Å².